The summed E-state index contributed by atoms with van der Waals surface area (Å²) in [6, 6.07) is 29.1. The van der Waals surface area contributed by atoms with Gasteiger partial charge in [0.25, 0.3) is 5.91 Å². The third-order valence-electron chi connectivity index (χ3n) is 8.35. The first-order valence-electron chi connectivity index (χ1n) is 15.6. The Kier molecular flexibility index (Phi) is 10.7. The molecule has 14 heteroatoms. The van der Waals surface area contributed by atoms with Crippen LogP contribution in [0.15, 0.2) is 120 Å². The summed E-state index contributed by atoms with van der Waals surface area (Å²) in [5, 5.41) is 2.57. The average Bonchev–Trinajstić information content (AvgIpc) is 3.54. The van der Waals surface area contributed by atoms with Crippen molar-refractivity contribution in [2.45, 2.75) is 30.5 Å². The molecule has 256 valence electrons. The van der Waals surface area contributed by atoms with Crippen molar-refractivity contribution < 1.29 is 37.7 Å². The Bertz CT molecular complexity index is 1930. The minimum atomic E-state index is -3.27. The molecular weight excluding hydrogens is 663 g/mol. The summed E-state index contributed by atoms with van der Waals surface area (Å²) < 4.78 is 42.4. The van der Waals surface area contributed by atoms with Gasteiger partial charge in [-0.05, 0) is 63.7 Å². The van der Waals surface area contributed by atoms with E-state index in [0.29, 0.717) is 17.1 Å². The summed E-state index contributed by atoms with van der Waals surface area (Å²) in [6.45, 7) is -0.140. The van der Waals surface area contributed by atoms with Crippen molar-refractivity contribution in [3.8, 4) is 11.5 Å². The number of hydrogen-bond acceptors (Lipinski definition) is 11. The topological polar surface area (TPSA) is 163 Å². The van der Waals surface area contributed by atoms with Gasteiger partial charge in [0.2, 0.25) is 0 Å². The number of ether oxygens (including phenoxy) is 4. The molecule has 0 bridgehead atoms. The zero-order valence-corrected chi connectivity index (χ0v) is 28.0. The number of aromatic nitrogens is 3. The molecule has 0 aliphatic carbocycles. The third kappa shape index (κ3) is 7.47. The van der Waals surface area contributed by atoms with Crippen LogP contribution in [0, 0.1) is 0 Å². The number of rotatable bonds is 13. The monoisotopic (exact) mass is 696 g/mol. The Hall–Kier alpha value is -5.30. The Balaban J connectivity index is 1.31. The van der Waals surface area contributed by atoms with Crippen LogP contribution in [0.3, 0.4) is 0 Å². The molecule has 0 spiro atoms. The zero-order chi connectivity index (χ0) is 35.1. The number of carbonyl (C=O) groups excluding carboxylic acids is 1. The number of hydrogen-bond donors (Lipinski definition) is 1. The van der Waals surface area contributed by atoms with E-state index in [-0.39, 0.29) is 18.8 Å². The summed E-state index contributed by atoms with van der Waals surface area (Å²) in [5.74, 6) is 0.851. The number of nitrogens with one attached hydrogen (secondary N) is 1. The fourth-order valence-corrected chi connectivity index (χ4v) is 6.35. The Morgan fingerprint density at radius 1 is 0.940 bits per heavy atom. The van der Waals surface area contributed by atoms with Gasteiger partial charge in [-0.2, -0.15) is 4.98 Å². The number of amides is 1. The first-order valence-corrected chi connectivity index (χ1v) is 16.7. The minimum Gasteiger partial charge on any atom is -0.566 e. The summed E-state index contributed by atoms with van der Waals surface area (Å²) in [4.78, 5) is 45.5. The third-order valence-corrected chi connectivity index (χ3v) is 8.79. The normalized spacial score (nSPS) is 17.6. The molecular formula is C36H33N4O9P. The number of methoxy groups -OCH3 is 2. The highest BCUT2D eigenvalue weighted by Crippen LogP contribution is 2.43. The summed E-state index contributed by atoms with van der Waals surface area (Å²) >= 11 is 0. The number of carbonyl (C=O) groups is 1. The predicted octanol–water partition coefficient (Wildman–Crippen LogP) is 4.61. The molecule has 3 heterocycles. The Morgan fingerprint density at radius 2 is 1.58 bits per heavy atom. The van der Waals surface area contributed by atoms with Crippen LogP contribution in [0.5, 0.6) is 11.5 Å². The maximum absolute atomic E-state index is 13.2. The number of anilines is 1. The van der Waals surface area contributed by atoms with Gasteiger partial charge in [-0.25, -0.2) is 4.79 Å². The van der Waals surface area contributed by atoms with Crippen molar-refractivity contribution in [1.82, 2.24) is 14.5 Å². The SMILES string of the molecule is COc1ccc(C(OC[C@H]2O[C@@H](n3ccc(NC(=O)c4cccnc4)nc3=O)C[C@@H]2O[P+](=O)[O-])(c2ccccc2)c2ccc(OC)cc2)cc1. The van der Waals surface area contributed by atoms with E-state index in [2.05, 4.69) is 15.3 Å². The number of nitrogens with zero attached hydrogens (tertiary/aromatic N) is 3. The lowest BCUT2D eigenvalue weighted by atomic mass is 9.80. The van der Waals surface area contributed by atoms with Gasteiger partial charge in [-0.1, -0.05) is 54.6 Å². The maximum atomic E-state index is 13.2. The molecule has 1 unspecified atom stereocenters. The van der Waals surface area contributed by atoms with E-state index in [1.165, 1.54) is 29.2 Å². The van der Waals surface area contributed by atoms with Gasteiger partial charge in [0.15, 0.2) is 0 Å². The maximum Gasteiger partial charge on any atom is 0.488 e. The van der Waals surface area contributed by atoms with E-state index in [1.54, 1.807) is 26.4 Å². The van der Waals surface area contributed by atoms with Crippen LogP contribution in [-0.2, 0) is 24.2 Å². The molecule has 13 nitrogen and oxygen atoms in total. The molecule has 50 heavy (non-hydrogen) atoms. The van der Waals surface area contributed by atoms with Crippen LogP contribution in [0.25, 0.3) is 0 Å². The van der Waals surface area contributed by atoms with Crippen molar-refractivity contribution in [1.29, 1.82) is 0 Å². The molecule has 1 N–H and O–H groups in total. The fourth-order valence-electron chi connectivity index (χ4n) is 5.91. The van der Waals surface area contributed by atoms with Gasteiger partial charge in [-0.15, -0.1) is 4.52 Å². The molecule has 0 saturated carbocycles. The molecule has 3 aromatic carbocycles. The van der Waals surface area contributed by atoms with Crippen molar-refractivity contribution in [3.05, 3.63) is 148 Å². The molecule has 2 aromatic heterocycles. The Labute approximate surface area is 288 Å². The van der Waals surface area contributed by atoms with E-state index in [1.807, 2.05) is 78.9 Å². The highest BCUT2D eigenvalue weighted by atomic mass is 31.1. The first-order chi connectivity index (χ1) is 24.3. The molecule has 1 aliphatic heterocycles. The highest BCUT2D eigenvalue weighted by molar-refractivity contribution is 7.30. The summed E-state index contributed by atoms with van der Waals surface area (Å²) in [6.07, 6.45) is 1.49. The number of benzene rings is 3. The minimum absolute atomic E-state index is 0.00370. The van der Waals surface area contributed by atoms with Crippen molar-refractivity contribution in [3.63, 3.8) is 0 Å². The summed E-state index contributed by atoms with van der Waals surface area (Å²) in [5.41, 5.74) is 0.685. The standard InChI is InChI=1S/C36H33N4O9P/c1-45-28-14-10-26(11-15-28)36(25-8-4-3-5-9-25,27-12-16-29(46-2)17-13-27)47-23-31-30(49-50(43)44)21-33(48-31)40-20-18-32(39-35(40)42)38-34(41)24-7-6-19-37-22-24/h3-20,22,30-31,33H,21,23H2,1-2H3,(H,38,39,41,42)/t30-,31+,33+/m0/s1. The predicted molar refractivity (Wildman–Crippen MR) is 180 cm³/mol. The molecule has 6 rings (SSSR count). The van der Waals surface area contributed by atoms with Gasteiger partial charge >= 0.3 is 13.9 Å². The quantitative estimate of drug-likeness (QED) is 0.135. The molecule has 1 aliphatic rings. The second-order valence-corrected chi connectivity index (χ2v) is 11.9. The van der Waals surface area contributed by atoms with Crippen LogP contribution in [0.2, 0.25) is 0 Å². The second kappa shape index (κ2) is 15.5. The molecule has 1 fully saturated rings. The van der Waals surface area contributed by atoms with Crippen LogP contribution < -0.4 is 25.4 Å². The van der Waals surface area contributed by atoms with E-state index >= 15 is 0 Å². The lowest BCUT2D eigenvalue weighted by Gasteiger charge is -2.37. The van der Waals surface area contributed by atoms with Gasteiger partial charge in [0.1, 0.15) is 41.4 Å². The molecule has 0 radical (unpaired) electrons. The van der Waals surface area contributed by atoms with Crippen molar-refractivity contribution in [2.24, 2.45) is 0 Å². The highest BCUT2D eigenvalue weighted by Gasteiger charge is 2.45. The molecule has 1 amide bonds. The average molecular weight is 697 g/mol. The first kappa shape index (κ1) is 34.6. The molecule has 5 aromatic rings. The van der Waals surface area contributed by atoms with E-state index in [4.69, 9.17) is 23.5 Å². The van der Waals surface area contributed by atoms with Crippen molar-refractivity contribution >= 4 is 20.0 Å². The van der Waals surface area contributed by atoms with Gasteiger partial charge < -0.3 is 29.2 Å². The molecule has 1 saturated heterocycles. The van der Waals surface area contributed by atoms with E-state index in [0.717, 1.165) is 16.7 Å². The van der Waals surface area contributed by atoms with Gasteiger partial charge in [0.05, 0.1) is 26.4 Å². The molecule has 4 atom stereocenters. The van der Waals surface area contributed by atoms with Crippen LogP contribution in [-0.4, -0.2) is 53.5 Å². The van der Waals surface area contributed by atoms with Crippen molar-refractivity contribution in [2.75, 3.05) is 26.1 Å². The zero-order valence-electron chi connectivity index (χ0n) is 27.1. The van der Waals surface area contributed by atoms with E-state index in [9.17, 15) is 19.0 Å². The second-order valence-electron chi connectivity index (χ2n) is 11.2. The van der Waals surface area contributed by atoms with Gasteiger partial charge in [0, 0.05) is 25.0 Å². The van der Waals surface area contributed by atoms with Crippen LogP contribution in [0.4, 0.5) is 5.82 Å². The lowest BCUT2D eigenvalue weighted by Crippen LogP contribution is -2.38. The largest absolute Gasteiger partial charge is 0.566 e. The van der Waals surface area contributed by atoms with Crippen LogP contribution in [0.1, 0.15) is 39.7 Å². The Morgan fingerprint density at radius 3 is 2.14 bits per heavy atom. The van der Waals surface area contributed by atoms with Gasteiger partial charge in [-0.3, -0.25) is 14.3 Å². The number of pyridine rings is 1. The van der Waals surface area contributed by atoms with E-state index < -0.39 is 43.9 Å². The smallest absolute Gasteiger partial charge is 0.488 e. The van der Waals surface area contributed by atoms with Crippen LogP contribution >= 0.6 is 8.25 Å². The summed E-state index contributed by atoms with van der Waals surface area (Å²) in [7, 11) is -0.103. The lowest BCUT2D eigenvalue weighted by molar-refractivity contribution is -0.192. The fraction of sp³-hybridized carbons (Fsp3) is 0.222.